The van der Waals surface area contributed by atoms with Gasteiger partial charge in [-0.1, -0.05) is 6.92 Å². The van der Waals surface area contributed by atoms with Crippen LogP contribution in [0.25, 0.3) is 0 Å². The minimum atomic E-state index is -1.30. The highest BCUT2D eigenvalue weighted by molar-refractivity contribution is 5.77. The van der Waals surface area contributed by atoms with Crippen LogP contribution in [0.1, 0.15) is 26.2 Å². The molecule has 0 aromatic carbocycles. The van der Waals surface area contributed by atoms with Gasteiger partial charge in [0.05, 0.1) is 32.2 Å². The molecule has 6 nitrogen and oxygen atoms in total. The van der Waals surface area contributed by atoms with Gasteiger partial charge >= 0.3 is 0 Å². The molecule has 0 radical (unpaired) electrons. The first-order chi connectivity index (χ1) is 9.60. The molecule has 3 fully saturated rings. The highest BCUT2D eigenvalue weighted by Crippen LogP contribution is 2.28. The van der Waals surface area contributed by atoms with Gasteiger partial charge in [-0.25, -0.2) is 0 Å². The van der Waals surface area contributed by atoms with E-state index in [1.807, 2.05) is 0 Å². The summed E-state index contributed by atoms with van der Waals surface area (Å²) in [7, 11) is 0. The van der Waals surface area contributed by atoms with Crippen LogP contribution >= 0.6 is 0 Å². The number of carbonyl (C=O) groups is 2. The van der Waals surface area contributed by atoms with Crippen molar-refractivity contribution in [3.63, 3.8) is 0 Å². The van der Waals surface area contributed by atoms with Crippen LogP contribution in [-0.2, 0) is 14.3 Å². The second-order valence-electron chi connectivity index (χ2n) is 5.93. The number of quaternary nitrogens is 1. The van der Waals surface area contributed by atoms with Gasteiger partial charge in [0.15, 0.2) is 0 Å². The Kier molecular flexibility index (Phi) is 5.37. The number of ether oxygens (including phenoxy) is 1. The second-order valence-corrected chi connectivity index (χ2v) is 5.93. The average Bonchev–Trinajstić information content (AvgIpc) is 2.45. The number of carboxylic acids is 1. The molecule has 0 spiro atoms. The smallest absolute Gasteiger partial charge is 0.246 e. The minimum Gasteiger partial charge on any atom is -0.548 e. The van der Waals surface area contributed by atoms with Crippen LogP contribution < -0.4 is 15.3 Å². The van der Waals surface area contributed by atoms with Crippen LogP contribution in [0.3, 0.4) is 0 Å². The van der Waals surface area contributed by atoms with Gasteiger partial charge in [0.25, 0.3) is 0 Å². The Labute approximate surface area is 119 Å². The fraction of sp³-hybridized carbons (Fsp3) is 0.857. The highest BCUT2D eigenvalue weighted by Gasteiger charge is 2.42. The van der Waals surface area contributed by atoms with E-state index in [4.69, 9.17) is 4.74 Å². The fourth-order valence-corrected chi connectivity index (χ4v) is 3.65. The second kappa shape index (κ2) is 7.04. The lowest BCUT2D eigenvalue weighted by molar-refractivity contribution is -0.945. The number of aliphatic carboxylic acids is 1. The van der Waals surface area contributed by atoms with E-state index >= 15 is 0 Å². The summed E-state index contributed by atoms with van der Waals surface area (Å²) < 4.78 is 4.71. The predicted molar refractivity (Wildman–Crippen MR) is 69.8 cm³/mol. The zero-order chi connectivity index (χ0) is 14.5. The molecule has 1 unspecified atom stereocenters. The molecule has 2 N–H and O–H groups in total. The molecule has 114 valence electrons. The number of hydrogen-bond donors (Lipinski definition) is 2. The van der Waals surface area contributed by atoms with Crippen molar-refractivity contribution in [2.24, 2.45) is 11.8 Å². The van der Waals surface area contributed by atoms with Gasteiger partial charge in [-0.05, 0) is 12.3 Å². The van der Waals surface area contributed by atoms with Crippen molar-refractivity contribution in [3.8, 4) is 0 Å². The summed E-state index contributed by atoms with van der Waals surface area (Å²) in [5, 5.41) is 13.0. The van der Waals surface area contributed by atoms with Crippen molar-refractivity contribution in [1.29, 1.82) is 0 Å². The Bertz CT molecular complexity index is 361. The van der Waals surface area contributed by atoms with Crippen LogP contribution in [0, 0.1) is 11.8 Å². The van der Waals surface area contributed by atoms with E-state index in [9.17, 15) is 14.7 Å². The summed E-state index contributed by atoms with van der Waals surface area (Å²) in [5.74, 6) is 0.106. The minimum absolute atomic E-state index is 0.211. The third-order valence-corrected chi connectivity index (χ3v) is 4.71. The van der Waals surface area contributed by atoms with Crippen molar-refractivity contribution in [2.45, 2.75) is 32.2 Å². The van der Waals surface area contributed by atoms with Crippen LogP contribution in [0.4, 0.5) is 0 Å². The lowest BCUT2D eigenvalue weighted by Gasteiger charge is -2.46. The molecule has 3 heterocycles. The number of fused-ring (bicyclic) bond motifs is 3. The first-order valence-electron chi connectivity index (χ1n) is 7.49. The number of rotatable bonds is 7. The number of nitrogens with one attached hydrogen (secondary N) is 2. The maximum atomic E-state index is 11.5. The van der Waals surface area contributed by atoms with Crippen LogP contribution in [-0.4, -0.2) is 50.8 Å². The molecular formula is C14H24N2O4. The van der Waals surface area contributed by atoms with Crippen molar-refractivity contribution < 1.29 is 24.3 Å². The maximum absolute atomic E-state index is 11.5. The Morgan fingerprint density at radius 3 is 2.80 bits per heavy atom. The van der Waals surface area contributed by atoms with Gasteiger partial charge in [0.1, 0.15) is 12.6 Å². The third-order valence-electron chi connectivity index (χ3n) is 4.71. The van der Waals surface area contributed by atoms with Crippen molar-refractivity contribution in [3.05, 3.63) is 0 Å². The lowest BCUT2D eigenvalue weighted by atomic mass is 9.74. The fourth-order valence-electron chi connectivity index (χ4n) is 3.65. The van der Waals surface area contributed by atoms with Crippen molar-refractivity contribution >= 4 is 11.9 Å². The topological polar surface area (TPSA) is 82.9 Å². The zero-order valence-corrected chi connectivity index (χ0v) is 12.0. The largest absolute Gasteiger partial charge is 0.548 e. The van der Waals surface area contributed by atoms with E-state index in [-0.39, 0.29) is 12.5 Å². The first-order valence-corrected chi connectivity index (χ1v) is 7.49. The van der Waals surface area contributed by atoms with E-state index in [0.717, 1.165) is 11.8 Å². The maximum Gasteiger partial charge on any atom is 0.246 e. The molecule has 3 aliphatic heterocycles. The van der Waals surface area contributed by atoms with Crippen molar-refractivity contribution in [1.82, 2.24) is 5.32 Å². The zero-order valence-electron chi connectivity index (χ0n) is 12.0. The molecule has 3 aliphatic rings. The summed E-state index contributed by atoms with van der Waals surface area (Å²) in [6.45, 7) is 4.62. The molecule has 0 aliphatic carbocycles. The molecule has 0 aromatic heterocycles. The molecular weight excluding hydrogens is 260 g/mol. The normalized spacial score (nSPS) is 32.0. The quantitative estimate of drug-likeness (QED) is 0.545. The summed E-state index contributed by atoms with van der Waals surface area (Å²) >= 11 is 0. The van der Waals surface area contributed by atoms with E-state index in [0.29, 0.717) is 12.6 Å². The molecule has 0 saturated carbocycles. The molecule has 0 aromatic rings. The summed E-state index contributed by atoms with van der Waals surface area (Å²) in [5.41, 5.74) is 0. The Balaban J connectivity index is 1.67. The van der Waals surface area contributed by atoms with Gasteiger partial charge < -0.3 is 24.9 Å². The van der Waals surface area contributed by atoms with Crippen LogP contribution in [0.5, 0.6) is 0 Å². The summed E-state index contributed by atoms with van der Waals surface area (Å²) in [6.07, 6.45) is 3.76. The number of carboxylic acid groups (broad SMARTS) is 1. The van der Waals surface area contributed by atoms with Gasteiger partial charge in [0.2, 0.25) is 5.91 Å². The molecule has 3 saturated heterocycles. The van der Waals surface area contributed by atoms with Crippen LogP contribution in [0.2, 0.25) is 0 Å². The molecule has 1 amide bonds. The Morgan fingerprint density at radius 1 is 1.40 bits per heavy atom. The van der Waals surface area contributed by atoms with Gasteiger partial charge in [-0.3, -0.25) is 4.79 Å². The molecule has 2 bridgehead atoms. The average molecular weight is 284 g/mol. The standard InChI is InChI=1S/C14H24N2O4/c1-2-10-7-16-4-3-11(10)5-12(16)6-15-13(17)8-20-9-14(18)19/h10-12H,2-9H2,1H3,(H,15,17)(H,18,19)/t10-,11+,12+/m0/s1. The third kappa shape index (κ3) is 3.93. The van der Waals surface area contributed by atoms with Gasteiger partial charge in [-0.2, -0.15) is 0 Å². The predicted octanol–water partition coefficient (Wildman–Crippen LogP) is -2.43. The summed E-state index contributed by atoms with van der Waals surface area (Å²) in [4.78, 5) is 23.3. The Morgan fingerprint density at radius 2 is 2.20 bits per heavy atom. The van der Waals surface area contributed by atoms with Gasteiger partial charge in [-0.15, -0.1) is 0 Å². The van der Waals surface area contributed by atoms with Crippen LogP contribution in [0.15, 0.2) is 0 Å². The highest BCUT2D eigenvalue weighted by atomic mass is 16.5. The number of hydrogen-bond acceptors (Lipinski definition) is 4. The van der Waals surface area contributed by atoms with E-state index < -0.39 is 12.6 Å². The SMILES string of the molecule is CC[C@H]1C[NH+]2CC[C@@H]1C[C@@H]2CNC(=O)COCC(=O)[O-]. The molecule has 20 heavy (non-hydrogen) atoms. The van der Waals surface area contributed by atoms with E-state index in [1.54, 1.807) is 4.90 Å². The number of carbonyl (C=O) groups excluding carboxylic acids is 2. The molecule has 4 atom stereocenters. The Hall–Kier alpha value is -1.14. The first kappa shape index (κ1) is 15.3. The lowest BCUT2D eigenvalue weighted by Crippen LogP contribution is -3.20. The number of piperidine rings is 3. The van der Waals surface area contributed by atoms with Gasteiger partial charge in [0, 0.05) is 18.8 Å². The van der Waals surface area contributed by atoms with E-state index in [2.05, 4.69) is 12.2 Å². The number of amides is 1. The molecule has 3 rings (SSSR count). The van der Waals surface area contributed by atoms with Crippen molar-refractivity contribution in [2.75, 3.05) is 32.8 Å². The summed E-state index contributed by atoms with van der Waals surface area (Å²) in [6, 6.07) is 0.502. The monoisotopic (exact) mass is 284 g/mol. The van der Waals surface area contributed by atoms with E-state index in [1.165, 1.54) is 32.4 Å². The molecule has 6 heteroatoms.